The summed E-state index contributed by atoms with van der Waals surface area (Å²) in [5, 5.41) is 3.56. The lowest BCUT2D eigenvalue weighted by atomic mass is 9.86. The maximum atomic E-state index is 14.4. The molecule has 5 rings (SSSR count). The van der Waals surface area contributed by atoms with Crippen LogP contribution < -0.4 is 10.1 Å². The molecule has 1 N–H and O–H groups in total. The predicted molar refractivity (Wildman–Crippen MR) is 125 cm³/mol. The minimum atomic E-state index is -3.09. The predicted octanol–water partition coefficient (Wildman–Crippen LogP) is 4.12. The Bertz CT molecular complexity index is 1290. The number of nitrogens with one attached hydrogen (secondary N) is 1. The summed E-state index contributed by atoms with van der Waals surface area (Å²) in [5.74, 6) is -0.918. The summed E-state index contributed by atoms with van der Waals surface area (Å²) in [6, 6.07) is 4.90. The Morgan fingerprint density at radius 2 is 1.97 bits per heavy atom. The molecule has 1 saturated heterocycles. The average Bonchev–Trinajstić information content (AvgIpc) is 3.27. The number of nitrogens with zero attached hydrogens (tertiary/aromatic N) is 5. The van der Waals surface area contributed by atoms with E-state index in [1.54, 1.807) is 30.3 Å². The number of carbonyl (C=O) groups is 1. The lowest BCUT2D eigenvalue weighted by molar-refractivity contribution is -0.131. The molecule has 188 valence electrons. The number of ether oxygens (including phenoxy) is 1. The first-order valence-electron chi connectivity index (χ1n) is 11.7. The summed E-state index contributed by atoms with van der Waals surface area (Å²) < 4.78 is 43.8. The van der Waals surface area contributed by atoms with Crippen LogP contribution in [0.25, 0.3) is 11.4 Å². The van der Waals surface area contributed by atoms with Crippen LogP contribution in [0.15, 0.2) is 36.8 Å². The molecule has 3 aromatic rings. The van der Waals surface area contributed by atoms with Crippen LogP contribution in [0.3, 0.4) is 0 Å². The van der Waals surface area contributed by atoms with Crippen molar-refractivity contribution in [3.05, 3.63) is 59.4 Å². The van der Waals surface area contributed by atoms with Crippen LogP contribution in [0.4, 0.5) is 19.0 Å². The number of halogens is 3. The number of alkyl halides is 2. The van der Waals surface area contributed by atoms with E-state index < -0.39 is 24.2 Å². The van der Waals surface area contributed by atoms with Gasteiger partial charge < -0.3 is 15.0 Å². The highest BCUT2D eigenvalue weighted by Gasteiger charge is 2.43. The van der Waals surface area contributed by atoms with Crippen molar-refractivity contribution >= 4 is 11.7 Å². The molecule has 2 aliphatic heterocycles. The monoisotopic (exact) mass is 498 g/mol. The van der Waals surface area contributed by atoms with Crippen LogP contribution in [0.5, 0.6) is 5.88 Å². The van der Waals surface area contributed by atoms with Crippen molar-refractivity contribution < 1.29 is 22.7 Å². The third-order valence-corrected chi connectivity index (χ3v) is 6.93. The van der Waals surface area contributed by atoms with Gasteiger partial charge in [0.05, 0.1) is 23.3 Å². The second-order valence-electron chi connectivity index (χ2n) is 9.26. The highest BCUT2D eigenvalue weighted by Crippen LogP contribution is 2.38. The summed E-state index contributed by atoms with van der Waals surface area (Å²) in [7, 11) is 0. The smallest absolute Gasteiger partial charge is 0.388 e. The molecule has 0 bridgehead atoms. The Hall–Kier alpha value is -3.76. The van der Waals surface area contributed by atoms with Crippen LogP contribution in [0, 0.1) is 12.7 Å². The third kappa shape index (κ3) is 4.57. The number of aromatic nitrogens is 4. The van der Waals surface area contributed by atoms with E-state index in [1.165, 1.54) is 0 Å². The molecule has 8 nitrogen and oxygen atoms in total. The number of rotatable bonds is 5. The van der Waals surface area contributed by atoms with Gasteiger partial charge in [0.2, 0.25) is 11.8 Å². The first-order valence-corrected chi connectivity index (χ1v) is 11.7. The fourth-order valence-electron chi connectivity index (χ4n) is 4.99. The fraction of sp³-hybridized carbons (Fsp3) is 0.400. The molecule has 3 aromatic heterocycles. The molecule has 0 aliphatic carbocycles. The van der Waals surface area contributed by atoms with Gasteiger partial charge in [-0.3, -0.25) is 4.79 Å². The second kappa shape index (κ2) is 9.36. The third-order valence-electron chi connectivity index (χ3n) is 6.93. The lowest BCUT2D eigenvalue weighted by Crippen LogP contribution is -2.46. The number of likely N-dealkylation sites (tertiary alicyclic amines) is 1. The highest BCUT2D eigenvalue weighted by atomic mass is 19.3. The molecule has 1 spiro atoms. The largest absolute Gasteiger partial charge is 0.417 e. The quantitative estimate of drug-likeness (QED) is 0.566. The van der Waals surface area contributed by atoms with Crippen molar-refractivity contribution in [2.75, 3.05) is 18.4 Å². The summed E-state index contributed by atoms with van der Waals surface area (Å²) in [6.45, 7) is 1.31. The molecular formula is C25H25F3N6O2. The van der Waals surface area contributed by atoms with Gasteiger partial charge in [-0.25, -0.2) is 24.3 Å². The van der Waals surface area contributed by atoms with E-state index in [4.69, 9.17) is 4.98 Å². The van der Waals surface area contributed by atoms with Crippen molar-refractivity contribution in [1.29, 1.82) is 0 Å². The van der Waals surface area contributed by atoms with Crippen LogP contribution in [0.2, 0.25) is 0 Å². The summed E-state index contributed by atoms with van der Waals surface area (Å²) >= 11 is 0. The Morgan fingerprint density at radius 3 is 2.72 bits per heavy atom. The molecule has 0 unspecified atom stereocenters. The standard InChI is InChI=1S/C25H25F3N6O2/c1-14(17-11-20(36-24(27)28)31-12-19(17)26)23(35)34-9-6-25(13-34)5-4-16-10-18(15(2)32-21(16)33-25)22-29-7-3-8-30-22/h3,7-8,10-12,14,24H,4-6,9,13H2,1-2H3,(H,32,33)/t14-,25+/m1/s1. The molecular weight excluding hydrogens is 473 g/mol. The molecule has 0 saturated carbocycles. The van der Waals surface area contributed by atoms with Gasteiger partial charge in [-0.05, 0) is 50.8 Å². The van der Waals surface area contributed by atoms with E-state index in [9.17, 15) is 18.0 Å². The summed E-state index contributed by atoms with van der Waals surface area (Å²) in [6.07, 6.45) is 6.49. The van der Waals surface area contributed by atoms with Gasteiger partial charge in [0.25, 0.3) is 0 Å². The Balaban J connectivity index is 1.31. The number of hydrogen-bond acceptors (Lipinski definition) is 7. The van der Waals surface area contributed by atoms with Crippen LogP contribution in [-0.4, -0.2) is 56.0 Å². The Morgan fingerprint density at radius 1 is 1.19 bits per heavy atom. The number of hydrogen-bond donors (Lipinski definition) is 1. The number of aryl methyl sites for hydroxylation is 2. The maximum absolute atomic E-state index is 14.4. The molecule has 0 radical (unpaired) electrons. The number of anilines is 1. The van der Waals surface area contributed by atoms with E-state index in [1.807, 2.05) is 6.92 Å². The van der Waals surface area contributed by atoms with Crippen LogP contribution in [0.1, 0.15) is 42.5 Å². The van der Waals surface area contributed by atoms with Crippen molar-refractivity contribution in [3.63, 3.8) is 0 Å². The van der Waals surface area contributed by atoms with E-state index in [-0.39, 0.29) is 17.0 Å². The van der Waals surface area contributed by atoms with Crippen molar-refractivity contribution in [1.82, 2.24) is 24.8 Å². The zero-order valence-electron chi connectivity index (χ0n) is 19.8. The number of pyridine rings is 2. The minimum absolute atomic E-state index is 0.0264. The molecule has 2 aliphatic rings. The van der Waals surface area contributed by atoms with Crippen molar-refractivity contribution in [3.8, 4) is 17.3 Å². The number of carbonyl (C=O) groups excluding carboxylic acids is 1. The van der Waals surface area contributed by atoms with Gasteiger partial charge in [-0.15, -0.1) is 0 Å². The van der Waals surface area contributed by atoms with Crippen LogP contribution in [-0.2, 0) is 11.2 Å². The maximum Gasteiger partial charge on any atom is 0.388 e. The molecule has 2 atom stereocenters. The van der Waals surface area contributed by atoms with Gasteiger partial charge in [-0.2, -0.15) is 8.78 Å². The zero-order chi connectivity index (χ0) is 25.4. The van der Waals surface area contributed by atoms with E-state index >= 15 is 0 Å². The first-order chi connectivity index (χ1) is 17.2. The van der Waals surface area contributed by atoms with Gasteiger partial charge >= 0.3 is 6.61 Å². The fourth-order valence-corrected chi connectivity index (χ4v) is 4.99. The molecule has 1 fully saturated rings. The van der Waals surface area contributed by atoms with Crippen molar-refractivity contribution in [2.24, 2.45) is 0 Å². The Kier molecular flexibility index (Phi) is 6.23. The molecule has 11 heteroatoms. The first kappa shape index (κ1) is 24.0. The summed E-state index contributed by atoms with van der Waals surface area (Å²) in [5.41, 5.74) is 2.39. The Labute approximate surface area is 206 Å². The van der Waals surface area contributed by atoms with E-state index in [2.05, 4.69) is 31.1 Å². The lowest BCUT2D eigenvalue weighted by Gasteiger charge is -2.36. The number of fused-ring (bicyclic) bond motifs is 1. The summed E-state index contributed by atoms with van der Waals surface area (Å²) in [4.78, 5) is 31.9. The molecule has 0 aromatic carbocycles. The average molecular weight is 499 g/mol. The molecule has 1 amide bonds. The van der Waals surface area contributed by atoms with E-state index in [0.29, 0.717) is 25.3 Å². The number of amides is 1. The SMILES string of the molecule is Cc1nc2c(cc1-c1ncccn1)CC[C@@]1(CCN(C(=O)[C@H](C)c3cc(OC(F)F)ncc3F)C1)N2. The van der Waals surface area contributed by atoms with E-state index in [0.717, 1.165) is 47.7 Å². The van der Waals surface area contributed by atoms with Gasteiger partial charge in [0.15, 0.2) is 5.82 Å². The van der Waals surface area contributed by atoms with Gasteiger partial charge in [-0.1, -0.05) is 0 Å². The normalized spacial score (nSPS) is 19.8. The van der Waals surface area contributed by atoms with Gasteiger partial charge in [0.1, 0.15) is 11.6 Å². The molecule has 5 heterocycles. The van der Waals surface area contributed by atoms with Crippen LogP contribution >= 0.6 is 0 Å². The topological polar surface area (TPSA) is 93.1 Å². The van der Waals surface area contributed by atoms with Crippen molar-refractivity contribution in [2.45, 2.75) is 51.2 Å². The highest BCUT2D eigenvalue weighted by molar-refractivity contribution is 5.84. The zero-order valence-corrected chi connectivity index (χ0v) is 19.8. The molecule has 36 heavy (non-hydrogen) atoms. The second-order valence-corrected chi connectivity index (χ2v) is 9.26. The van der Waals surface area contributed by atoms with Gasteiger partial charge in [0, 0.05) is 42.7 Å². The minimum Gasteiger partial charge on any atom is -0.417 e.